The maximum atomic E-state index is 12.1. The summed E-state index contributed by atoms with van der Waals surface area (Å²) in [4.78, 5) is 14.5. The van der Waals surface area contributed by atoms with Gasteiger partial charge >= 0.3 is 0 Å². The number of amides is 1. The Morgan fingerprint density at radius 1 is 1.30 bits per heavy atom. The SMILES string of the molecule is O=C(/C=C1/CN2CCC1CC2)NCC1(O)CCCCC1. The van der Waals surface area contributed by atoms with Gasteiger partial charge in [-0.1, -0.05) is 19.3 Å². The van der Waals surface area contributed by atoms with Crippen molar-refractivity contribution in [2.45, 2.75) is 50.5 Å². The molecule has 3 saturated heterocycles. The molecule has 4 rings (SSSR count). The number of rotatable bonds is 3. The molecule has 4 aliphatic rings. The first kappa shape index (κ1) is 14.1. The third kappa shape index (κ3) is 3.23. The molecule has 0 radical (unpaired) electrons. The van der Waals surface area contributed by atoms with Gasteiger partial charge in [-0.3, -0.25) is 9.69 Å². The first-order valence-corrected chi connectivity index (χ1v) is 8.08. The van der Waals surface area contributed by atoms with E-state index in [9.17, 15) is 9.90 Å². The summed E-state index contributed by atoms with van der Waals surface area (Å²) in [7, 11) is 0. The average molecular weight is 278 g/mol. The molecule has 0 unspecified atom stereocenters. The van der Waals surface area contributed by atoms with Crippen LogP contribution in [0.3, 0.4) is 0 Å². The summed E-state index contributed by atoms with van der Waals surface area (Å²) >= 11 is 0. The smallest absolute Gasteiger partial charge is 0.244 e. The zero-order chi connectivity index (χ0) is 14.0. The Balaban J connectivity index is 1.52. The Bertz CT molecular complexity index is 391. The number of carbonyl (C=O) groups excluding carboxylic acids is 1. The molecule has 112 valence electrons. The number of hydrogen-bond acceptors (Lipinski definition) is 3. The van der Waals surface area contributed by atoms with Crippen molar-refractivity contribution in [3.63, 3.8) is 0 Å². The highest BCUT2D eigenvalue weighted by molar-refractivity contribution is 5.88. The minimum atomic E-state index is -0.665. The summed E-state index contributed by atoms with van der Waals surface area (Å²) in [6.07, 6.45) is 9.18. The van der Waals surface area contributed by atoms with Gasteiger partial charge in [0.05, 0.1) is 5.60 Å². The van der Waals surface area contributed by atoms with E-state index in [0.29, 0.717) is 12.5 Å². The first-order chi connectivity index (χ1) is 9.65. The Morgan fingerprint density at radius 2 is 2.00 bits per heavy atom. The van der Waals surface area contributed by atoms with Gasteiger partial charge in [0.15, 0.2) is 0 Å². The number of fused-ring (bicyclic) bond motifs is 3. The van der Waals surface area contributed by atoms with Crippen LogP contribution in [-0.4, -0.2) is 47.7 Å². The van der Waals surface area contributed by atoms with E-state index in [0.717, 1.165) is 32.2 Å². The van der Waals surface area contributed by atoms with Crippen molar-refractivity contribution in [3.05, 3.63) is 11.6 Å². The van der Waals surface area contributed by atoms with Crippen LogP contribution >= 0.6 is 0 Å². The lowest BCUT2D eigenvalue weighted by atomic mass is 9.83. The van der Waals surface area contributed by atoms with E-state index in [2.05, 4.69) is 10.2 Å². The monoisotopic (exact) mass is 278 g/mol. The zero-order valence-corrected chi connectivity index (χ0v) is 12.2. The molecule has 2 bridgehead atoms. The van der Waals surface area contributed by atoms with Crippen molar-refractivity contribution in [3.8, 4) is 0 Å². The Hall–Kier alpha value is -0.870. The second-order valence-corrected chi connectivity index (χ2v) is 6.77. The number of aliphatic hydroxyl groups is 1. The van der Waals surface area contributed by atoms with Crippen LogP contribution in [0.5, 0.6) is 0 Å². The molecule has 3 heterocycles. The van der Waals surface area contributed by atoms with E-state index in [-0.39, 0.29) is 5.91 Å². The molecule has 2 N–H and O–H groups in total. The zero-order valence-electron chi connectivity index (χ0n) is 12.2. The molecule has 0 atom stereocenters. The number of piperidine rings is 3. The van der Waals surface area contributed by atoms with E-state index in [1.807, 2.05) is 0 Å². The van der Waals surface area contributed by atoms with Gasteiger partial charge in [0.1, 0.15) is 0 Å². The molecule has 20 heavy (non-hydrogen) atoms. The van der Waals surface area contributed by atoms with E-state index >= 15 is 0 Å². The summed E-state index contributed by atoms with van der Waals surface area (Å²) in [5, 5.41) is 13.3. The van der Waals surface area contributed by atoms with Crippen LogP contribution in [0.25, 0.3) is 0 Å². The number of carbonyl (C=O) groups is 1. The summed E-state index contributed by atoms with van der Waals surface area (Å²) < 4.78 is 0. The van der Waals surface area contributed by atoms with Crippen molar-refractivity contribution in [2.75, 3.05) is 26.2 Å². The second-order valence-electron chi connectivity index (χ2n) is 6.77. The van der Waals surface area contributed by atoms with Gasteiger partial charge in [-0.25, -0.2) is 0 Å². The van der Waals surface area contributed by atoms with Crippen LogP contribution in [0.4, 0.5) is 0 Å². The largest absolute Gasteiger partial charge is 0.388 e. The predicted octanol–water partition coefficient (Wildman–Crippen LogP) is 1.45. The normalized spacial score (nSPS) is 34.1. The molecule has 0 spiro atoms. The van der Waals surface area contributed by atoms with Gasteiger partial charge in [-0.05, 0) is 50.3 Å². The molecular weight excluding hydrogens is 252 g/mol. The van der Waals surface area contributed by atoms with Crippen LogP contribution in [0.1, 0.15) is 44.9 Å². The van der Waals surface area contributed by atoms with Crippen molar-refractivity contribution in [1.29, 1.82) is 0 Å². The van der Waals surface area contributed by atoms with Gasteiger partial charge in [0, 0.05) is 19.2 Å². The van der Waals surface area contributed by atoms with Gasteiger partial charge in [-0.2, -0.15) is 0 Å². The highest BCUT2D eigenvalue weighted by atomic mass is 16.3. The van der Waals surface area contributed by atoms with E-state index in [1.165, 1.54) is 37.9 Å². The summed E-state index contributed by atoms with van der Waals surface area (Å²) in [6.45, 7) is 3.74. The van der Waals surface area contributed by atoms with Crippen LogP contribution in [-0.2, 0) is 4.79 Å². The molecule has 4 nitrogen and oxygen atoms in total. The van der Waals surface area contributed by atoms with Gasteiger partial charge in [0.2, 0.25) is 5.91 Å². The van der Waals surface area contributed by atoms with E-state index in [1.54, 1.807) is 6.08 Å². The van der Waals surface area contributed by atoms with E-state index in [4.69, 9.17) is 0 Å². The summed E-state index contributed by atoms with van der Waals surface area (Å²) in [5.41, 5.74) is 0.622. The quantitative estimate of drug-likeness (QED) is 0.768. The standard InChI is InChI=1S/C16H26N2O2/c19-15(17-12-16(20)6-2-1-3-7-16)10-14-11-18-8-4-13(14)5-9-18/h10,13,20H,1-9,11-12H2,(H,17,19)/b14-10-. The van der Waals surface area contributed by atoms with Crippen molar-refractivity contribution in [1.82, 2.24) is 10.2 Å². The Labute approximate surface area is 121 Å². The van der Waals surface area contributed by atoms with Gasteiger partial charge < -0.3 is 10.4 Å². The molecule has 1 amide bonds. The van der Waals surface area contributed by atoms with Crippen LogP contribution in [0.15, 0.2) is 11.6 Å². The number of nitrogens with one attached hydrogen (secondary N) is 1. The van der Waals surface area contributed by atoms with Gasteiger partial charge in [0.25, 0.3) is 0 Å². The lowest BCUT2D eigenvalue weighted by Gasteiger charge is -2.41. The average Bonchev–Trinajstić information content (AvgIpc) is 2.47. The molecule has 1 saturated carbocycles. The summed E-state index contributed by atoms with van der Waals surface area (Å²) in [6, 6.07) is 0. The van der Waals surface area contributed by atoms with Crippen molar-refractivity contribution in [2.24, 2.45) is 5.92 Å². The predicted molar refractivity (Wildman–Crippen MR) is 78.3 cm³/mol. The highest BCUT2D eigenvalue weighted by Gasteiger charge is 2.31. The Kier molecular flexibility index (Phi) is 4.13. The first-order valence-electron chi connectivity index (χ1n) is 8.08. The minimum Gasteiger partial charge on any atom is -0.388 e. The van der Waals surface area contributed by atoms with Gasteiger partial charge in [-0.15, -0.1) is 0 Å². The fourth-order valence-electron chi connectivity index (χ4n) is 3.87. The lowest BCUT2D eigenvalue weighted by Crippen LogP contribution is -2.45. The molecule has 0 aromatic rings. The maximum absolute atomic E-state index is 12.1. The van der Waals surface area contributed by atoms with Crippen LogP contribution in [0, 0.1) is 5.92 Å². The third-order valence-corrected chi connectivity index (χ3v) is 5.21. The molecular formula is C16H26N2O2. The van der Waals surface area contributed by atoms with Crippen molar-refractivity contribution < 1.29 is 9.90 Å². The molecule has 1 aliphatic carbocycles. The second kappa shape index (κ2) is 5.86. The summed E-state index contributed by atoms with van der Waals surface area (Å²) in [5.74, 6) is 0.594. The lowest BCUT2D eigenvalue weighted by molar-refractivity contribution is -0.118. The number of nitrogens with zero attached hydrogens (tertiary/aromatic N) is 1. The Morgan fingerprint density at radius 3 is 2.60 bits per heavy atom. The number of hydrogen-bond donors (Lipinski definition) is 2. The van der Waals surface area contributed by atoms with Crippen molar-refractivity contribution >= 4 is 5.91 Å². The molecule has 0 aromatic carbocycles. The molecule has 3 aliphatic heterocycles. The third-order valence-electron chi connectivity index (χ3n) is 5.21. The van der Waals surface area contributed by atoms with Crippen LogP contribution < -0.4 is 5.32 Å². The topological polar surface area (TPSA) is 52.6 Å². The van der Waals surface area contributed by atoms with Crippen LogP contribution in [0.2, 0.25) is 0 Å². The maximum Gasteiger partial charge on any atom is 0.244 e. The molecule has 4 heteroatoms. The fourth-order valence-corrected chi connectivity index (χ4v) is 3.87. The molecule has 0 aromatic heterocycles. The minimum absolute atomic E-state index is 0.0206. The van der Waals surface area contributed by atoms with E-state index < -0.39 is 5.60 Å². The fraction of sp³-hybridized carbons (Fsp3) is 0.812. The molecule has 4 fully saturated rings. The highest BCUT2D eigenvalue weighted by Crippen LogP contribution is 2.31.